The molecule has 0 bridgehead atoms. The second kappa shape index (κ2) is 8.76. The third-order valence-electron chi connectivity index (χ3n) is 4.67. The zero-order chi connectivity index (χ0) is 21.8. The fourth-order valence-corrected chi connectivity index (χ4v) is 3.00. The van der Waals surface area contributed by atoms with Crippen molar-refractivity contribution < 1.29 is 24.0 Å². The van der Waals surface area contributed by atoms with Gasteiger partial charge in [0.2, 0.25) is 0 Å². The third kappa shape index (κ3) is 4.59. The van der Waals surface area contributed by atoms with Crippen LogP contribution in [-0.2, 0) is 4.74 Å². The molecule has 0 aromatic heterocycles. The quantitative estimate of drug-likeness (QED) is 0.250. The minimum Gasteiger partial charge on any atom is -0.484 e. The molecule has 3 aromatic carbocycles. The average molecular weight is 418 g/mol. The van der Waals surface area contributed by atoms with Gasteiger partial charge in [-0.3, -0.25) is 19.7 Å². The van der Waals surface area contributed by atoms with Crippen molar-refractivity contribution in [1.29, 1.82) is 0 Å². The first kappa shape index (κ1) is 20.2. The number of anilines is 1. The van der Waals surface area contributed by atoms with Crippen molar-refractivity contribution in [3.63, 3.8) is 0 Å². The smallest absolute Gasteiger partial charge is 0.310 e. The number of benzene rings is 3. The van der Waals surface area contributed by atoms with E-state index in [0.717, 1.165) is 4.90 Å². The van der Waals surface area contributed by atoms with Gasteiger partial charge in [0.1, 0.15) is 12.7 Å². The molecule has 1 saturated heterocycles. The predicted molar refractivity (Wildman–Crippen MR) is 112 cm³/mol. The van der Waals surface area contributed by atoms with E-state index >= 15 is 0 Å². The Bertz CT molecular complexity index is 1110. The van der Waals surface area contributed by atoms with Crippen molar-refractivity contribution in [3.05, 3.63) is 100 Å². The van der Waals surface area contributed by atoms with Gasteiger partial charge in [-0.2, -0.15) is 0 Å². The number of nitrogens with zero attached hydrogens (tertiary/aromatic N) is 2. The highest BCUT2D eigenvalue weighted by atomic mass is 16.6. The van der Waals surface area contributed by atoms with E-state index in [1.807, 2.05) is 0 Å². The summed E-state index contributed by atoms with van der Waals surface area (Å²) >= 11 is 0. The van der Waals surface area contributed by atoms with Gasteiger partial charge in [0, 0.05) is 23.3 Å². The predicted octanol–water partition coefficient (Wildman–Crippen LogP) is 3.86. The molecular formula is C23H18N2O6. The molecule has 1 unspecified atom stereocenters. The Labute approximate surface area is 177 Å². The van der Waals surface area contributed by atoms with Crippen LogP contribution >= 0.6 is 0 Å². The normalized spacial score (nSPS) is 14.5. The molecule has 1 aliphatic heterocycles. The highest BCUT2D eigenvalue weighted by molar-refractivity contribution is 6.25. The molecule has 0 N–H and O–H groups in total. The molecule has 31 heavy (non-hydrogen) atoms. The first-order valence-electron chi connectivity index (χ1n) is 9.56. The number of hydrogen-bond acceptors (Lipinski definition) is 6. The number of hydrogen-bond donors (Lipinski definition) is 0. The van der Waals surface area contributed by atoms with Crippen LogP contribution in [0, 0.1) is 10.1 Å². The van der Waals surface area contributed by atoms with Crippen LogP contribution in [-0.4, -0.2) is 36.1 Å². The van der Waals surface area contributed by atoms with Gasteiger partial charge >= 0.3 is 5.69 Å². The molecule has 1 aliphatic rings. The number of epoxide rings is 1. The lowest BCUT2D eigenvalue weighted by Crippen LogP contribution is -2.37. The number of carbonyl (C=O) groups excluding carboxylic acids is 2. The van der Waals surface area contributed by atoms with Gasteiger partial charge < -0.3 is 9.47 Å². The van der Waals surface area contributed by atoms with Crippen molar-refractivity contribution in [2.45, 2.75) is 6.10 Å². The van der Waals surface area contributed by atoms with Crippen molar-refractivity contribution >= 4 is 23.2 Å². The molecule has 2 amide bonds. The number of ether oxygens (including phenoxy) is 2. The van der Waals surface area contributed by atoms with Gasteiger partial charge in [-0.25, -0.2) is 4.90 Å². The molecule has 8 heteroatoms. The zero-order valence-corrected chi connectivity index (χ0v) is 16.3. The van der Waals surface area contributed by atoms with E-state index in [0.29, 0.717) is 17.9 Å². The van der Waals surface area contributed by atoms with E-state index in [9.17, 15) is 19.7 Å². The Kier molecular flexibility index (Phi) is 5.72. The fourth-order valence-electron chi connectivity index (χ4n) is 3.00. The summed E-state index contributed by atoms with van der Waals surface area (Å²) in [7, 11) is 0. The largest absolute Gasteiger partial charge is 0.484 e. The third-order valence-corrected chi connectivity index (χ3v) is 4.67. The topological polar surface area (TPSA) is 102 Å². The van der Waals surface area contributed by atoms with Crippen LogP contribution < -0.4 is 9.64 Å². The molecule has 1 fully saturated rings. The van der Waals surface area contributed by atoms with Crippen LogP contribution in [0.25, 0.3) is 0 Å². The lowest BCUT2D eigenvalue weighted by molar-refractivity contribution is -0.385. The summed E-state index contributed by atoms with van der Waals surface area (Å²) in [6.07, 6.45) is -0.112. The molecule has 0 spiro atoms. The monoisotopic (exact) mass is 418 g/mol. The minimum atomic E-state index is -0.623. The molecule has 156 valence electrons. The maximum atomic E-state index is 13.4. The van der Waals surface area contributed by atoms with E-state index < -0.39 is 16.7 Å². The summed E-state index contributed by atoms with van der Waals surface area (Å²) < 4.78 is 10.6. The average Bonchev–Trinajstić information content (AvgIpc) is 3.63. The number of carbonyl (C=O) groups is 2. The maximum absolute atomic E-state index is 13.4. The van der Waals surface area contributed by atoms with Gasteiger partial charge in [-0.1, -0.05) is 36.4 Å². The van der Waals surface area contributed by atoms with Crippen molar-refractivity contribution in [2.75, 3.05) is 18.1 Å². The van der Waals surface area contributed by atoms with Crippen LogP contribution in [0.4, 0.5) is 11.4 Å². The van der Waals surface area contributed by atoms with Gasteiger partial charge in [0.05, 0.1) is 17.2 Å². The van der Waals surface area contributed by atoms with Gasteiger partial charge in [0.15, 0.2) is 5.75 Å². The fraction of sp³-hybridized carbons (Fsp3) is 0.130. The summed E-state index contributed by atoms with van der Waals surface area (Å²) in [6, 6.07) is 20.7. The maximum Gasteiger partial charge on any atom is 0.310 e. The molecule has 0 aliphatic carbocycles. The van der Waals surface area contributed by atoms with E-state index in [1.165, 1.54) is 18.2 Å². The first-order chi connectivity index (χ1) is 15.0. The van der Waals surface area contributed by atoms with Crippen LogP contribution in [0.2, 0.25) is 0 Å². The highest BCUT2D eigenvalue weighted by Gasteiger charge is 2.29. The Balaban J connectivity index is 1.71. The van der Waals surface area contributed by atoms with Crippen LogP contribution in [0.15, 0.2) is 78.9 Å². The van der Waals surface area contributed by atoms with Crippen LogP contribution in [0.5, 0.6) is 5.75 Å². The summed E-state index contributed by atoms with van der Waals surface area (Å²) in [5.41, 5.74) is 0.542. The molecule has 3 aromatic rings. The summed E-state index contributed by atoms with van der Waals surface area (Å²) in [5.74, 6) is -1.18. The van der Waals surface area contributed by atoms with Crippen LogP contribution in [0.1, 0.15) is 20.7 Å². The van der Waals surface area contributed by atoms with Crippen molar-refractivity contribution in [1.82, 2.24) is 0 Å². The van der Waals surface area contributed by atoms with Gasteiger partial charge in [0.25, 0.3) is 11.8 Å². The van der Waals surface area contributed by atoms with Gasteiger partial charge in [-0.15, -0.1) is 0 Å². The molecule has 1 heterocycles. The van der Waals surface area contributed by atoms with Crippen molar-refractivity contribution in [2.24, 2.45) is 0 Å². The summed E-state index contributed by atoms with van der Waals surface area (Å²) in [5, 5.41) is 11.4. The van der Waals surface area contributed by atoms with Gasteiger partial charge in [-0.05, 0) is 30.3 Å². The molecule has 0 radical (unpaired) electrons. The molecule has 1 atom stereocenters. The Morgan fingerprint density at radius 3 is 2.19 bits per heavy atom. The Hall–Kier alpha value is -4.04. The molecular weight excluding hydrogens is 400 g/mol. The first-order valence-corrected chi connectivity index (χ1v) is 9.56. The highest BCUT2D eigenvalue weighted by Crippen LogP contribution is 2.30. The lowest BCUT2D eigenvalue weighted by atomic mass is 10.1. The zero-order valence-electron chi connectivity index (χ0n) is 16.3. The van der Waals surface area contributed by atoms with E-state index in [2.05, 4.69) is 0 Å². The summed E-state index contributed by atoms with van der Waals surface area (Å²) in [6.45, 7) is 0.670. The number of imide groups is 1. The lowest BCUT2D eigenvalue weighted by Gasteiger charge is -2.21. The standard InChI is InChI=1S/C23H18N2O6/c26-22(16-7-3-1-4-8-16)24(18-9-5-2-6-10-18)23(27)17-11-12-20(25(28)29)21(13-17)31-15-19-14-30-19/h1-13,19H,14-15H2. The Morgan fingerprint density at radius 1 is 0.968 bits per heavy atom. The molecule has 8 nitrogen and oxygen atoms in total. The molecule has 0 saturated carbocycles. The second-order valence-electron chi connectivity index (χ2n) is 6.85. The number of amides is 2. The number of para-hydroxylation sites is 1. The van der Waals surface area contributed by atoms with Crippen LogP contribution in [0.3, 0.4) is 0 Å². The molecule has 4 rings (SSSR count). The second-order valence-corrected chi connectivity index (χ2v) is 6.85. The SMILES string of the molecule is O=C(c1ccccc1)N(C(=O)c1ccc([N+](=O)[O-])c(OCC2CO2)c1)c1ccccc1. The van der Waals surface area contributed by atoms with Crippen molar-refractivity contribution in [3.8, 4) is 5.75 Å². The number of nitro benzene ring substituents is 1. The summed E-state index contributed by atoms with van der Waals surface area (Å²) in [4.78, 5) is 38.4. The van der Waals surface area contributed by atoms with E-state index in [1.54, 1.807) is 60.7 Å². The number of nitro groups is 1. The Morgan fingerprint density at radius 2 is 1.58 bits per heavy atom. The minimum absolute atomic E-state index is 0.0495. The van der Waals surface area contributed by atoms with E-state index in [-0.39, 0.29) is 29.7 Å². The number of rotatable bonds is 7. The van der Waals surface area contributed by atoms with E-state index in [4.69, 9.17) is 9.47 Å².